The molecule has 0 amide bonds. The molecule has 1 fully saturated rings. The molecule has 3 nitrogen and oxygen atoms in total. The molecule has 1 aromatic carbocycles. The number of rotatable bonds is 1. The number of halogens is 3. The van der Waals surface area contributed by atoms with Crippen molar-refractivity contribution in [2.45, 2.75) is 36.4 Å². The molecule has 1 heterocycles. The molecule has 0 saturated carbocycles. The molecule has 22 heavy (non-hydrogen) atoms. The van der Waals surface area contributed by atoms with Gasteiger partial charge in [-0.25, -0.2) is 0 Å². The molecular weight excluding hydrogens is 331 g/mol. The maximum Gasteiger partial charge on any atom is 0.417 e. The van der Waals surface area contributed by atoms with Crippen molar-refractivity contribution in [2.75, 3.05) is 11.9 Å². The SMILES string of the molecule is CN1C(S)N(c2ccc(C#N)c(C(F)(F)F)c2)C(S)C1(C)C. The molecule has 1 saturated heterocycles. The van der Waals surface area contributed by atoms with E-state index in [-0.39, 0.29) is 10.9 Å². The highest BCUT2D eigenvalue weighted by molar-refractivity contribution is 7.82. The molecule has 0 aromatic heterocycles. The summed E-state index contributed by atoms with van der Waals surface area (Å²) in [4.78, 5) is 3.63. The zero-order valence-electron chi connectivity index (χ0n) is 12.3. The quantitative estimate of drug-likeness (QED) is 0.761. The van der Waals surface area contributed by atoms with Crippen molar-refractivity contribution < 1.29 is 13.2 Å². The van der Waals surface area contributed by atoms with E-state index in [1.165, 1.54) is 12.1 Å². The van der Waals surface area contributed by atoms with Gasteiger partial charge in [-0.1, -0.05) is 0 Å². The van der Waals surface area contributed by atoms with Gasteiger partial charge in [0.05, 0.1) is 22.6 Å². The maximum atomic E-state index is 13.1. The molecule has 1 aliphatic rings. The molecule has 2 atom stereocenters. The van der Waals surface area contributed by atoms with Gasteiger partial charge in [0.1, 0.15) is 5.50 Å². The van der Waals surface area contributed by atoms with Crippen LogP contribution in [0.2, 0.25) is 0 Å². The Morgan fingerprint density at radius 2 is 1.86 bits per heavy atom. The van der Waals surface area contributed by atoms with Gasteiger partial charge in [-0.3, -0.25) is 4.90 Å². The average molecular weight is 347 g/mol. The maximum absolute atomic E-state index is 13.1. The van der Waals surface area contributed by atoms with Crippen LogP contribution in [0.25, 0.3) is 0 Å². The summed E-state index contributed by atoms with van der Waals surface area (Å²) in [6.07, 6.45) is -4.58. The number of anilines is 1. The summed E-state index contributed by atoms with van der Waals surface area (Å²) in [6, 6.07) is 5.25. The van der Waals surface area contributed by atoms with Crippen LogP contribution < -0.4 is 4.90 Å². The highest BCUT2D eigenvalue weighted by atomic mass is 32.1. The first-order valence-corrected chi connectivity index (χ1v) is 7.54. The Morgan fingerprint density at radius 1 is 1.27 bits per heavy atom. The molecule has 2 rings (SSSR count). The van der Waals surface area contributed by atoms with Crippen molar-refractivity contribution in [3.8, 4) is 6.07 Å². The van der Waals surface area contributed by atoms with E-state index in [2.05, 4.69) is 25.3 Å². The van der Waals surface area contributed by atoms with Crippen LogP contribution in [0.5, 0.6) is 0 Å². The number of alkyl halides is 3. The third kappa shape index (κ3) is 2.66. The summed E-state index contributed by atoms with van der Waals surface area (Å²) in [6.45, 7) is 3.89. The van der Waals surface area contributed by atoms with Crippen molar-refractivity contribution in [1.82, 2.24) is 4.90 Å². The summed E-state index contributed by atoms with van der Waals surface area (Å²) in [5.41, 5.74) is -1.78. The van der Waals surface area contributed by atoms with Crippen molar-refractivity contribution >= 4 is 30.9 Å². The Labute approximate surface area is 138 Å². The fourth-order valence-corrected chi connectivity index (χ4v) is 3.54. The molecule has 0 aliphatic carbocycles. The Balaban J connectivity index is 2.53. The second-order valence-corrected chi connectivity index (χ2v) is 6.68. The number of hydrogen-bond donors (Lipinski definition) is 2. The van der Waals surface area contributed by atoms with Crippen LogP contribution >= 0.6 is 25.3 Å². The van der Waals surface area contributed by atoms with E-state index >= 15 is 0 Å². The minimum Gasteiger partial charge on any atom is -0.333 e. The molecule has 120 valence electrons. The lowest BCUT2D eigenvalue weighted by molar-refractivity contribution is -0.137. The fourth-order valence-electron chi connectivity index (χ4n) is 2.43. The summed E-state index contributed by atoms with van der Waals surface area (Å²) in [5, 5.41) is 8.53. The van der Waals surface area contributed by atoms with Crippen molar-refractivity contribution in [3.05, 3.63) is 29.3 Å². The van der Waals surface area contributed by atoms with Gasteiger partial charge in [0, 0.05) is 11.2 Å². The monoisotopic (exact) mass is 347 g/mol. The average Bonchev–Trinajstić information content (AvgIpc) is 2.58. The van der Waals surface area contributed by atoms with Gasteiger partial charge in [-0.05, 0) is 39.1 Å². The van der Waals surface area contributed by atoms with Gasteiger partial charge in [0.15, 0.2) is 0 Å². The molecule has 0 radical (unpaired) electrons. The molecule has 1 aliphatic heterocycles. The molecule has 0 spiro atoms. The third-order valence-corrected chi connectivity index (χ3v) is 5.60. The Kier molecular flexibility index (Phi) is 4.37. The second-order valence-electron chi connectivity index (χ2n) is 5.73. The van der Waals surface area contributed by atoms with Gasteiger partial charge in [0.25, 0.3) is 0 Å². The van der Waals surface area contributed by atoms with Crippen LogP contribution in [0.4, 0.5) is 18.9 Å². The summed E-state index contributed by atoms with van der Waals surface area (Å²) in [7, 11) is 1.84. The van der Waals surface area contributed by atoms with Gasteiger partial charge in [-0.15, -0.1) is 12.6 Å². The van der Waals surface area contributed by atoms with Crippen LogP contribution in [0.1, 0.15) is 25.0 Å². The van der Waals surface area contributed by atoms with E-state index in [9.17, 15) is 13.2 Å². The molecule has 0 N–H and O–H groups in total. The topological polar surface area (TPSA) is 30.3 Å². The standard InChI is InChI=1S/C14H16F3N3S2/c1-13(2)11(21)20(12(22)19(13)3)9-5-4-8(7-18)10(6-9)14(15,16)17/h4-6,11-12,21-22H,1-3H3. The Morgan fingerprint density at radius 3 is 2.27 bits per heavy atom. The number of benzene rings is 1. The van der Waals surface area contributed by atoms with Crippen LogP contribution in [0, 0.1) is 11.3 Å². The fraction of sp³-hybridized carbons (Fsp3) is 0.500. The number of likely N-dealkylation sites (N-methyl/N-ethyl adjacent to an activating group) is 1. The van der Waals surface area contributed by atoms with E-state index in [1.807, 2.05) is 25.8 Å². The predicted octanol–water partition coefficient (Wildman–Crippen LogP) is 3.58. The van der Waals surface area contributed by atoms with Gasteiger partial charge < -0.3 is 4.90 Å². The molecule has 8 heteroatoms. The second kappa shape index (κ2) is 5.55. The smallest absolute Gasteiger partial charge is 0.333 e. The van der Waals surface area contributed by atoms with E-state index in [0.717, 1.165) is 6.07 Å². The normalized spacial score (nSPS) is 25.3. The highest BCUT2D eigenvalue weighted by Crippen LogP contribution is 2.42. The largest absolute Gasteiger partial charge is 0.417 e. The number of nitriles is 1. The highest BCUT2D eigenvalue weighted by Gasteiger charge is 2.48. The van der Waals surface area contributed by atoms with Gasteiger partial charge >= 0.3 is 6.18 Å². The zero-order chi connectivity index (χ0) is 16.9. The van der Waals surface area contributed by atoms with E-state index < -0.39 is 22.8 Å². The lowest BCUT2D eigenvalue weighted by atomic mass is 10.0. The summed E-state index contributed by atoms with van der Waals surface area (Å²) >= 11 is 9.02. The molecule has 2 unspecified atom stereocenters. The van der Waals surface area contributed by atoms with Crippen LogP contribution in [0.3, 0.4) is 0 Å². The van der Waals surface area contributed by atoms with Crippen molar-refractivity contribution in [3.63, 3.8) is 0 Å². The minimum absolute atomic E-state index is 0.337. The van der Waals surface area contributed by atoms with E-state index in [0.29, 0.717) is 5.69 Å². The van der Waals surface area contributed by atoms with E-state index in [4.69, 9.17) is 5.26 Å². The zero-order valence-corrected chi connectivity index (χ0v) is 14.0. The lowest BCUT2D eigenvalue weighted by Crippen LogP contribution is -2.42. The Bertz CT molecular complexity index is 625. The number of thiol groups is 2. The van der Waals surface area contributed by atoms with Crippen molar-refractivity contribution in [2.24, 2.45) is 0 Å². The Hall–Kier alpha value is -1.04. The van der Waals surface area contributed by atoms with Crippen LogP contribution in [-0.2, 0) is 6.18 Å². The molecule has 0 bridgehead atoms. The first-order chi connectivity index (χ1) is 10.0. The van der Waals surface area contributed by atoms with Gasteiger partial charge in [0.2, 0.25) is 0 Å². The first-order valence-electron chi connectivity index (χ1n) is 6.50. The minimum atomic E-state index is -4.58. The lowest BCUT2D eigenvalue weighted by Gasteiger charge is -2.30. The number of hydrogen-bond acceptors (Lipinski definition) is 5. The molecular formula is C14H16F3N3S2. The summed E-state index contributed by atoms with van der Waals surface area (Å²) in [5.74, 6) is 0. The predicted molar refractivity (Wildman–Crippen MR) is 86.0 cm³/mol. The van der Waals surface area contributed by atoms with Crippen molar-refractivity contribution in [1.29, 1.82) is 5.26 Å². The number of nitrogens with zero attached hydrogens (tertiary/aromatic N) is 3. The van der Waals surface area contributed by atoms with Crippen LogP contribution in [0.15, 0.2) is 18.2 Å². The summed E-state index contributed by atoms with van der Waals surface area (Å²) < 4.78 is 39.3. The van der Waals surface area contributed by atoms with Gasteiger partial charge in [-0.2, -0.15) is 31.1 Å². The van der Waals surface area contributed by atoms with Crippen LogP contribution in [-0.4, -0.2) is 28.4 Å². The van der Waals surface area contributed by atoms with E-state index in [1.54, 1.807) is 11.0 Å². The molecule has 1 aromatic rings. The first kappa shape index (κ1) is 17.3. The third-order valence-electron chi connectivity index (χ3n) is 4.13.